The number of hydrogen-bond donors (Lipinski definition) is 1. The van der Waals surface area contributed by atoms with Crippen molar-refractivity contribution in [3.63, 3.8) is 0 Å². The summed E-state index contributed by atoms with van der Waals surface area (Å²) in [5.41, 5.74) is 2.15. The minimum atomic E-state index is 0.191. The third kappa shape index (κ3) is 3.00. The summed E-state index contributed by atoms with van der Waals surface area (Å²) in [6.45, 7) is 4.24. The number of carbonyl (C=O) groups is 1. The van der Waals surface area contributed by atoms with Gasteiger partial charge in [0.15, 0.2) is 0 Å². The van der Waals surface area contributed by atoms with Crippen molar-refractivity contribution < 1.29 is 4.79 Å². The highest BCUT2D eigenvalue weighted by Crippen LogP contribution is 2.25. The number of halogens is 1. The topological polar surface area (TPSA) is 32.3 Å². The monoisotopic (exact) mass is 296 g/mol. The smallest absolute Gasteiger partial charge is 0.241 e. The second-order valence-electron chi connectivity index (χ2n) is 4.38. The summed E-state index contributed by atoms with van der Waals surface area (Å²) in [6.07, 6.45) is 2.28. The molecule has 4 heteroatoms. The lowest BCUT2D eigenvalue weighted by Gasteiger charge is -2.16. The van der Waals surface area contributed by atoms with E-state index >= 15 is 0 Å². The van der Waals surface area contributed by atoms with Crippen molar-refractivity contribution in [1.29, 1.82) is 0 Å². The lowest BCUT2D eigenvalue weighted by atomic mass is 10.2. The molecule has 2 rings (SSSR count). The van der Waals surface area contributed by atoms with E-state index in [1.807, 2.05) is 30.0 Å². The molecule has 3 nitrogen and oxygen atoms in total. The molecule has 17 heavy (non-hydrogen) atoms. The summed E-state index contributed by atoms with van der Waals surface area (Å²) >= 11 is 3.53. The first kappa shape index (κ1) is 12.4. The minimum absolute atomic E-state index is 0.191. The van der Waals surface area contributed by atoms with Crippen LogP contribution in [0.25, 0.3) is 0 Å². The average Bonchev–Trinajstić information content (AvgIpc) is 2.84. The maximum Gasteiger partial charge on any atom is 0.241 e. The van der Waals surface area contributed by atoms with E-state index in [1.165, 1.54) is 5.56 Å². The zero-order valence-corrected chi connectivity index (χ0v) is 11.6. The molecule has 0 unspecified atom stereocenters. The second kappa shape index (κ2) is 5.54. The van der Waals surface area contributed by atoms with Crippen molar-refractivity contribution in [3.8, 4) is 0 Å². The number of hydrogen-bond acceptors (Lipinski definition) is 2. The lowest BCUT2D eigenvalue weighted by molar-refractivity contribution is -0.128. The van der Waals surface area contributed by atoms with Gasteiger partial charge in [0.25, 0.3) is 0 Å². The fourth-order valence-electron chi connectivity index (χ4n) is 2.03. The van der Waals surface area contributed by atoms with Gasteiger partial charge in [0.2, 0.25) is 5.91 Å². The Balaban J connectivity index is 1.93. The van der Waals surface area contributed by atoms with Gasteiger partial charge in [0.05, 0.1) is 6.54 Å². The fourth-order valence-corrected chi connectivity index (χ4v) is 2.44. The zero-order valence-electron chi connectivity index (χ0n) is 10.0. The Hall–Kier alpha value is -1.03. The average molecular weight is 297 g/mol. The van der Waals surface area contributed by atoms with E-state index in [9.17, 15) is 4.79 Å². The van der Waals surface area contributed by atoms with Crippen LogP contribution in [0.1, 0.15) is 18.4 Å². The number of carbonyl (C=O) groups excluding carboxylic acids is 1. The summed E-state index contributed by atoms with van der Waals surface area (Å²) in [5, 5.41) is 3.19. The molecular formula is C13H17BrN2O. The van der Waals surface area contributed by atoms with E-state index in [4.69, 9.17) is 0 Å². The molecule has 1 heterocycles. The van der Waals surface area contributed by atoms with Gasteiger partial charge in [0.1, 0.15) is 0 Å². The van der Waals surface area contributed by atoms with Crippen LogP contribution >= 0.6 is 15.9 Å². The summed E-state index contributed by atoms with van der Waals surface area (Å²) in [6, 6.07) is 6.01. The molecule has 1 aromatic rings. The molecule has 92 valence electrons. The Bertz CT molecular complexity index is 414. The quantitative estimate of drug-likeness (QED) is 0.930. The summed E-state index contributed by atoms with van der Waals surface area (Å²) in [4.78, 5) is 13.8. The van der Waals surface area contributed by atoms with Gasteiger partial charge in [-0.2, -0.15) is 0 Å². The number of rotatable bonds is 3. The number of nitrogens with one attached hydrogen (secondary N) is 1. The van der Waals surface area contributed by atoms with Crippen LogP contribution in [-0.4, -0.2) is 30.4 Å². The van der Waals surface area contributed by atoms with Gasteiger partial charge < -0.3 is 10.2 Å². The van der Waals surface area contributed by atoms with Crippen molar-refractivity contribution in [2.24, 2.45) is 0 Å². The van der Waals surface area contributed by atoms with Gasteiger partial charge >= 0.3 is 0 Å². The van der Waals surface area contributed by atoms with Crippen LogP contribution < -0.4 is 5.32 Å². The molecule has 1 N–H and O–H groups in total. The first-order chi connectivity index (χ1) is 8.18. The van der Waals surface area contributed by atoms with E-state index in [2.05, 4.69) is 21.2 Å². The summed E-state index contributed by atoms with van der Waals surface area (Å²) in [5.74, 6) is 0.191. The van der Waals surface area contributed by atoms with E-state index in [1.54, 1.807) is 0 Å². The predicted molar refractivity (Wildman–Crippen MR) is 73.2 cm³/mol. The number of aryl methyl sites for hydroxylation is 1. The largest absolute Gasteiger partial charge is 0.375 e. The molecule has 1 fully saturated rings. The Morgan fingerprint density at radius 3 is 2.82 bits per heavy atom. The minimum Gasteiger partial charge on any atom is -0.375 e. The van der Waals surface area contributed by atoms with E-state index in [-0.39, 0.29) is 5.91 Å². The number of nitrogens with zero attached hydrogens (tertiary/aromatic N) is 1. The predicted octanol–water partition coefficient (Wildman–Crippen LogP) is 2.79. The van der Waals surface area contributed by atoms with Gasteiger partial charge in [-0.3, -0.25) is 4.79 Å². The van der Waals surface area contributed by atoms with Gasteiger partial charge in [-0.05, 0) is 47.3 Å². The molecule has 0 radical (unpaired) electrons. The first-order valence-corrected chi connectivity index (χ1v) is 6.74. The molecule has 1 aromatic carbocycles. The third-order valence-corrected chi connectivity index (χ3v) is 4.13. The molecule has 0 spiro atoms. The Kier molecular flexibility index (Phi) is 4.05. The van der Waals surface area contributed by atoms with Crippen LogP contribution in [0.2, 0.25) is 0 Å². The van der Waals surface area contributed by atoms with Crippen LogP contribution in [0.15, 0.2) is 22.7 Å². The molecule has 0 bridgehead atoms. The summed E-state index contributed by atoms with van der Waals surface area (Å²) < 4.78 is 1.04. The molecule has 1 amide bonds. The molecule has 1 aliphatic heterocycles. The van der Waals surface area contributed by atoms with Crippen molar-refractivity contribution >= 4 is 27.5 Å². The zero-order chi connectivity index (χ0) is 12.3. The fraction of sp³-hybridized carbons (Fsp3) is 0.462. The number of likely N-dealkylation sites (tertiary alicyclic amines) is 1. The van der Waals surface area contributed by atoms with Crippen molar-refractivity contribution in [3.05, 3.63) is 28.2 Å². The number of amides is 1. The third-order valence-electron chi connectivity index (χ3n) is 3.08. The molecule has 0 aliphatic carbocycles. The van der Waals surface area contributed by atoms with Crippen LogP contribution in [0.4, 0.5) is 5.69 Å². The highest BCUT2D eigenvalue weighted by molar-refractivity contribution is 9.10. The van der Waals surface area contributed by atoms with E-state index in [0.29, 0.717) is 6.54 Å². The molecule has 1 aliphatic rings. The standard InChI is InChI=1S/C13H17BrN2O/c1-10-5-4-6-11(13(10)14)15-9-12(17)16-7-2-3-8-16/h4-6,15H,2-3,7-9H2,1H3. The van der Waals surface area contributed by atoms with Gasteiger partial charge in [-0.1, -0.05) is 12.1 Å². The highest BCUT2D eigenvalue weighted by Gasteiger charge is 2.17. The first-order valence-electron chi connectivity index (χ1n) is 5.95. The molecule has 0 atom stereocenters. The molecule has 1 saturated heterocycles. The molecule has 0 saturated carbocycles. The van der Waals surface area contributed by atoms with Gasteiger partial charge in [-0.25, -0.2) is 0 Å². The lowest BCUT2D eigenvalue weighted by Crippen LogP contribution is -2.33. The maximum atomic E-state index is 11.9. The van der Waals surface area contributed by atoms with E-state index < -0.39 is 0 Å². The van der Waals surface area contributed by atoms with Crippen molar-refractivity contribution in [2.75, 3.05) is 25.0 Å². The maximum absolute atomic E-state index is 11.9. The Morgan fingerprint density at radius 1 is 1.41 bits per heavy atom. The van der Waals surface area contributed by atoms with E-state index in [0.717, 1.165) is 36.1 Å². The second-order valence-corrected chi connectivity index (χ2v) is 5.17. The SMILES string of the molecule is Cc1cccc(NCC(=O)N2CCCC2)c1Br. The van der Waals surface area contributed by atoms with Crippen molar-refractivity contribution in [1.82, 2.24) is 4.90 Å². The Morgan fingerprint density at radius 2 is 2.12 bits per heavy atom. The number of benzene rings is 1. The van der Waals surface area contributed by atoms with Crippen LogP contribution in [0.5, 0.6) is 0 Å². The van der Waals surface area contributed by atoms with Crippen LogP contribution in [-0.2, 0) is 4.79 Å². The van der Waals surface area contributed by atoms with Gasteiger partial charge in [0, 0.05) is 23.2 Å². The highest BCUT2D eigenvalue weighted by atomic mass is 79.9. The summed E-state index contributed by atoms with van der Waals surface area (Å²) in [7, 11) is 0. The van der Waals surface area contributed by atoms with Crippen molar-refractivity contribution in [2.45, 2.75) is 19.8 Å². The van der Waals surface area contributed by atoms with Crippen LogP contribution in [0.3, 0.4) is 0 Å². The number of anilines is 1. The molecular weight excluding hydrogens is 280 g/mol. The normalized spacial score (nSPS) is 15.1. The Labute approximate surface area is 110 Å². The van der Waals surface area contributed by atoms with Gasteiger partial charge in [-0.15, -0.1) is 0 Å². The van der Waals surface area contributed by atoms with Crippen LogP contribution in [0, 0.1) is 6.92 Å². The molecule has 0 aromatic heterocycles.